The average molecular weight is 370 g/mol. The van der Waals surface area contributed by atoms with Crippen LogP contribution in [-0.2, 0) is 4.74 Å². The number of hydrogen-bond donors (Lipinski definition) is 1. The lowest BCUT2D eigenvalue weighted by Crippen LogP contribution is -2.40. The van der Waals surface area contributed by atoms with Crippen LogP contribution >= 0.6 is 11.6 Å². The number of rotatable bonds is 4. The number of pyridine rings is 1. The van der Waals surface area contributed by atoms with Crippen molar-refractivity contribution in [2.75, 3.05) is 13.2 Å². The Morgan fingerprint density at radius 2 is 2.23 bits per heavy atom. The summed E-state index contributed by atoms with van der Waals surface area (Å²) in [5.74, 6) is 0.496. The number of carbonyl (C=O) groups is 1. The van der Waals surface area contributed by atoms with Gasteiger partial charge < -0.3 is 10.1 Å². The van der Waals surface area contributed by atoms with Crippen LogP contribution in [0.4, 0.5) is 0 Å². The third kappa shape index (κ3) is 3.20. The number of ether oxygens (including phenoxy) is 1. The Morgan fingerprint density at radius 1 is 1.35 bits per heavy atom. The van der Waals surface area contributed by atoms with Gasteiger partial charge in [-0.15, -0.1) is 0 Å². The number of nitrogens with zero attached hydrogens (tertiary/aromatic N) is 2. The molecule has 5 nitrogen and oxygen atoms in total. The lowest BCUT2D eigenvalue weighted by Gasteiger charge is -2.23. The van der Waals surface area contributed by atoms with Crippen LogP contribution in [0.2, 0.25) is 5.02 Å². The molecule has 1 amide bonds. The highest BCUT2D eigenvalue weighted by Crippen LogP contribution is 2.26. The van der Waals surface area contributed by atoms with E-state index in [1.54, 1.807) is 0 Å². The second kappa shape index (κ2) is 6.74. The molecule has 1 fully saturated rings. The van der Waals surface area contributed by atoms with Crippen molar-refractivity contribution in [3.8, 4) is 11.4 Å². The molecule has 1 saturated heterocycles. The molecule has 4 rings (SSSR count). The van der Waals surface area contributed by atoms with Gasteiger partial charge >= 0.3 is 0 Å². The summed E-state index contributed by atoms with van der Waals surface area (Å²) in [5, 5.41) is 3.62. The Labute approximate surface area is 157 Å². The molecule has 1 atom stereocenters. The Bertz CT molecular complexity index is 961. The second-order valence-electron chi connectivity index (χ2n) is 6.83. The van der Waals surface area contributed by atoms with Crippen molar-refractivity contribution < 1.29 is 9.53 Å². The zero-order valence-electron chi connectivity index (χ0n) is 14.5. The maximum absolute atomic E-state index is 12.8. The molecule has 0 saturated carbocycles. The van der Waals surface area contributed by atoms with E-state index in [1.807, 2.05) is 60.0 Å². The van der Waals surface area contributed by atoms with Crippen molar-refractivity contribution in [1.29, 1.82) is 0 Å². The summed E-state index contributed by atoms with van der Waals surface area (Å²) in [5.41, 5.74) is 1.74. The predicted molar refractivity (Wildman–Crippen MR) is 102 cm³/mol. The van der Waals surface area contributed by atoms with Gasteiger partial charge in [-0.3, -0.25) is 9.20 Å². The van der Waals surface area contributed by atoms with Crippen LogP contribution in [0.25, 0.3) is 16.9 Å². The topological polar surface area (TPSA) is 55.6 Å². The number of nitrogens with one attached hydrogen (secondary N) is 1. The first-order valence-corrected chi connectivity index (χ1v) is 9.09. The number of hydrogen-bond acceptors (Lipinski definition) is 3. The van der Waals surface area contributed by atoms with E-state index in [0.29, 0.717) is 23.1 Å². The first-order chi connectivity index (χ1) is 12.6. The van der Waals surface area contributed by atoms with Gasteiger partial charge in [-0.1, -0.05) is 29.8 Å². The van der Waals surface area contributed by atoms with Gasteiger partial charge in [0, 0.05) is 29.9 Å². The third-order valence-electron chi connectivity index (χ3n) is 4.77. The number of amides is 1. The number of benzene rings is 1. The van der Waals surface area contributed by atoms with Crippen LogP contribution in [0.1, 0.15) is 30.3 Å². The summed E-state index contributed by atoms with van der Waals surface area (Å²) in [6, 6.07) is 13.2. The predicted octanol–water partition coefficient (Wildman–Crippen LogP) is 3.95. The number of carbonyl (C=O) groups excluding carboxylic acids is 1. The standard InChI is InChI=1S/C20H20ClN3O2/c1-20(9-5-11-26-20)13-22-19(25)17-16-8-2-3-10-24(16)18(23-17)14-6-4-7-15(21)12-14/h2-4,6-8,10,12H,5,9,11,13H2,1H3,(H,22,25). The van der Waals surface area contributed by atoms with Crippen LogP contribution in [-0.4, -0.2) is 34.0 Å². The Hall–Kier alpha value is -2.37. The molecule has 1 unspecified atom stereocenters. The first kappa shape index (κ1) is 17.1. The molecule has 0 aliphatic carbocycles. The molecule has 1 N–H and O–H groups in total. The third-order valence-corrected chi connectivity index (χ3v) is 5.00. The maximum Gasteiger partial charge on any atom is 0.272 e. The number of halogens is 1. The van der Waals surface area contributed by atoms with E-state index in [1.165, 1.54) is 0 Å². The monoisotopic (exact) mass is 369 g/mol. The van der Waals surface area contributed by atoms with Gasteiger partial charge in [-0.2, -0.15) is 0 Å². The molecule has 134 valence electrons. The van der Waals surface area contributed by atoms with Crippen LogP contribution in [0.5, 0.6) is 0 Å². The fourth-order valence-corrected chi connectivity index (χ4v) is 3.55. The average Bonchev–Trinajstić information content (AvgIpc) is 3.24. The summed E-state index contributed by atoms with van der Waals surface area (Å²) >= 11 is 6.12. The van der Waals surface area contributed by atoms with E-state index >= 15 is 0 Å². The van der Waals surface area contributed by atoms with E-state index in [4.69, 9.17) is 16.3 Å². The molecule has 0 bridgehead atoms. The highest BCUT2D eigenvalue weighted by Gasteiger charge is 2.30. The molecule has 2 aromatic heterocycles. The van der Waals surface area contributed by atoms with Gasteiger partial charge in [0.05, 0.1) is 11.1 Å². The normalized spacial score (nSPS) is 19.8. The highest BCUT2D eigenvalue weighted by molar-refractivity contribution is 6.30. The van der Waals surface area contributed by atoms with E-state index < -0.39 is 0 Å². The molecule has 3 heterocycles. The Morgan fingerprint density at radius 3 is 3.00 bits per heavy atom. The van der Waals surface area contributed by atoms with E-state index in [-0.39, 0.29) is 11.5 Å². The van der Waals surface area contributed by atoms with Crippen molar-refractivity contribution in [2.45, 2.75) is 25.4 Å². The zero-order chi connectivity index (χ0) is 18.1. The largest absolute Gasteiger partial charge is 0.373 e. The van der Waals surface area contributed by atoms with Crippen molar-refractivity contribution in [3.05, 3.63) is 59.4 Å². The number of fused-ring (bicyclic) bond motifs is 1. The van der Waals surface area contributed by atoms with Crippen molar-refractivity contribution in [3.63, 3.8) is 0 Å². The molecular weight excluding hydrogens is 350 g/mol. The molecule has 0 radical (unpaired) electrons. The lowest BCUT2D eigenvalue weighted by molar-refractivity contribution is 0.0205. The van der Waals surface area contributed by atoms with E-state index in [2.05, 4.69) is 10.3 Å². The summed E-state index contributed by atoms with van der Waals surface area (Å²) in [6.07, 6.45) is 3.88. The minimum Gasteiger partial charge on any atom is -0.373 e. The zero-order valence-corrected chi connectivity index (χ0v) is 15.3. The molecular formula is C20H20ClN3O2. The van der Waals surface area contributed by atoms with Crippen LogP contribution in [0.3, 0.4) is 0 Å². The summed E-state index contributed by atoms with van der Waals surface area (Å²) < 4.78 is 7.66. The fraction of sp³-hybridized carbons (Fsp3) is 0.300. The lowest BCUT2D eigenvalue weighted by atomic mass is 10.0. The molecule has 1 aliphatic rings. The smallest absolute Gasteiger partial charge is 0.272 e. The summed E-state index contributed by atoms with van der Waals surface area (Å²) in [7, 11) is 0. The van der Waals surface area contributed by atoms with E-state index in [9.17, 15) is 4.79 Å². The molecule has 0 spiro atoms. The molecule has 1 aromatic carbocycles. The second-order valence-corrected chi connectivity index (χ2v) is 7.27. The Kier molecular flexibility index (Phi) is 4.42. The molecule has 6 heteroatoms. The van der Waals surface area contributed by atoms with E-state index in [0.717, 1.165) is 30.5 Å². The Balaban J connectivity index is 1.68. The van der Waals surface area contributed by atoms with Gasteiger partial charge in [0.2, 0.25) is 0 Å². The minimum atomic E-state index is -0.291. The maximum atomic E-state index is 12.8. The SMILES string of the molecule is CC1(CNC(=O)c2nc(-c3cccc(Cl)c3)n3ccccc23)CCCO1. The minimum absolute atomic E-state index is 0.196. The van der Waals surface area contributed by atoms with Crippen LogP contribution in [0, 0.1) is 0 Å². The van der Waals surface area contributed by atoms with Crippen LogP contribution < -0.4 is 5.32 Å². The summed E-state index contributed by atoms with van der Waals surface area (Å²) in [4.78, 5) is 17.4. The van der Waals surface area contributed by atoms with Gasteiger partial charge in [0.25, 0.3) is 5.91 Å². The molecule has 3 aromatic rings. The van der Waals surface area contributed by atoms with Gasteiger partial charge in [-0.05, 0) is 44.0 Å². The van der Waals surface area contributed by atoms with Crippen molar-refractivity contribution in [2.24, 2.45) is 0 Å². The van der Waals surface area contributed by atoms with Crippen LogP contribution in [0.15, 0.2) is 48.7 Å². The molecule has 1 aliphatic heterocycles. The first-order valence-electron chi connectivity index (χ1n) is 8.71. The number of imidazole rings is 1. The van der Waals surface area contributed by atoms with Gasteiger partial charge in [0.15, 0.2) is 5.69 Å². The van der Waals surface area contributed by atoms with Crippen molar-refractivity contribution in [1.82, 2.24) is 14.7 Å². The highest BCUT2D eigenvalue weighted by atomic mass is 35.5. The van der Waals surface area contributed by atoms with Gasteiger partial charge in [-0.25, -0.2) is 4.98 Å². The number of aromatic nitrogens is 2. The van der Waals surface area contributed by atoms with Gasteiger partial charge in [0.1, 0.15) is 5.82 Å². The molecule has 26 heavy (non-hydrogen) atoms. The fourth-order valence-electron chi connectivity index (χ4n) is 3.36. The summed E-state index contributed by atoms with van der Waals surface area (Å²) in [6.45, 7) is 3.26. The quantitative estimate of drug-likeness (QED) is 0.757. The van der Waals surface area contributed by atoms with Crippen molar-refractivity contribution >= 4 is 23.0 Å².